The van der Waals surface area contributed by atoms with E-state index in [0.29, 0.717) is 17.9 Å². The van der Waals surface area contributed by atoms with E-state index in [1.165, 1.54) is 11.1 Å². The molecule has 0 saturated carbocycles. The van der Waals surface area contributed by atoms with Crippen molar-refractivity contribution in [3.63, 3.8) is 0 Å². The third-order valence-electron chi connectivity index (χ3n) is 4.25. The summed E-state index contributed by atoms with van der Waals surface area (Å²) in [7, 11) is 0. The van der Waals surface area contributed by atoms with Crippen molar-refractivity contribution in [2.24, 2.45) is 11.8 Å². The summed E-state index contributed by atoms with van der Waals surface area (Å²) in [5.74, 6) is 0.999. The molecule has 0 aliphatic rings. The highest BCUT2D eigenvalue weighted by atomic mass is 16.5. The molecule has 0 aromatic heterocycles. The largest absolute Gasteiger partial charge is 0.379 e. The molecule has 0 aliphatic heterocycles. The Bertz CT molecular complexity index is 306. The van der Waals surface area contributed by atoms with Gasteiger partial charge in [0, 0.05) is 12.3 Å². The van der Waals surface area contributed by atoms with Crippen LogP contribution in [0.5, 0.6) is 0 Å². The monoisotopic (exact) mass is 267 g/mol. The van der Waals surface area contributed by atoms with Gasteiger partial charge in [-0.25, -0.2) is 0 Å². The zero-order valence-electron chi connectivity index (χ0n) is 14.0. The summed E-state index contributed by atoms with van der Waals surface area (Å²) < 4.78 is 5.77. The Labute approximate surface area is 120 Å². The van der Waals surface area contributed by atoms with E-state index in [9.17, 15) is 0 Å². The molecule has 0 bridgehead atoms. The average molecular weight is 267 g/mol. The lowest BCUT2D eigenvalue weighted by Crippen LogP contribution is -2.19. The molecule has 2 heteroatoms. The van der Waals surface area contributed by atoms with Gasteiger partial charge in [-0.2, -0.15) is 0 Å². The predicted octanol–water partition coefficient (Wildman–Crippen LogP) is 5.23. The molecule has 3 unspecified atom stereocenters. The van der Waals surface area contributed by atoms with Gasteiger partial charge in [-0.15, -0.1) is 0 Å². The van der Waals surface area contributed by atoms with Crippen molar-refractivity contribution in [1.29, 1.82) is 5.41 Å². The highest BCUT2D eigenvalue weighted by molar-refractivity contribution is 5.96. The van der Waals surface area contributed by atoms with Crippen molar-refractivity contribution in [3.05, 3.63) is 11.1 Å². The fourth-order valence-electron chi connectivity index (χ4n) is 2.35. The topological polar surface area (TPSA) is 33.1 Å². The van der Waals surface area contributed by atoms with Crippen molar-refractivity contribution in [2.45, 2.75) is 73.8 Å². The van der Waals surface area contributed by atoms with Gasteiger partial charge >= 0.3 is 0 Å². The second kappa shape index (κ2) is 9.30. The molecule has 0 aromatic rings. The quantitative estimate of drug-likeness (QED) is 0.570. The van der Waals surface area contributed by atoms with Crippen LogP contribution >= 0.6 is 0 Å². The van der Waals surface area contributed by atoms with Crippen LogP contribution in [0.3, 0.4) is 0 Å². The minimum atomic E-state index is 0.361. The zero-order chi connectivity index (χ0) is 15.0. The first-order valence-corrected chi connectivity index (χ1v) is 7.71. The van der Waals surface area contributed by atoms with E-state index in [4.69, 9.17) is 10.1 Å². The zero-order valence-corrected chi connectivity index (χ0v) is 14.0. The van der Waals surface area contributed by atoms with Crippen LogP contribution in [-0.2, 0) is 4.74 Å². The Balaban J connectivity index is 4.53. The molecule has 0 aliphatic carbocycles. The molecule has 0 heterocycles. The van der Waals surface area contributed by atoms with Crippen molar-refractivity contribution >= 4 is 5.71 Å². The van der Waals surface area contributed by atoms with Crippen LogP contribution in [0.1, 0.15) is 67.7 Å². The van der Waals surface area contributed by atoms with E-state index in [1.807, 2.05) is 6.92 Å². The van der Waals surface area contributed by atoms with Crippen molar-refractivity contribution in [1.82, 2.24) is 0 Å². The Morgan fingerprint density at radius 2 is 1.68 bits per heavy atom. The normalized spacial score (nSPS) is 17.6. The second-order valence-electron chi connectivity index (χ2n) is 5.82. The summed E-state index contributed by atoms with van der Waals surface area (Å²) in [6, 6.07) is 0. The first-order chi connectivity index (χ1) is 8.84. The molecule has 0 aromatic carbocycles. The van der Waals surface area contributed by atoms with Gasteiger partial charge in [-0.1, -0.05) is 33.3 Å². The summed E-state index contributed by atoms with van der Waals surface area (Å²) in [6.45, 7) is 15.9. The van der Waals surface area contributed by atoms with E-state index in [0.717, 1.165) is 31.6 Å². The molecular weight excluding hydrogens is 234 g/mol. The van der Waals surface area contributed by atoms with Crippen LogP contribution < -0.4 is 0 Å². The highest BCUT2D eigenvalue weighted by Crippen LogP contribution is 2.27. The molecule has 0 amide bonds. The summed E-state index contributed by atoms with van der Waals surface area (Å²) in [4.78, 5) is 0. The summed E-state index contributed by atoms with van der Waals surface area (Å²) in [5, 5.41) is 8.00. The van der Waals surface area contributed by atoms with Crippen LogP contribution in [0.2, 0.25) is 0 Å². The maximum atomic E-state index is 8.00. The molecule has 0 rings (SSSR count). The van der Waals surface area contributed by atoms with Gasteiger partial charge in [-0.05, 0) is 57.4 Å². The number of rotatable bonds is 9. The smallest absolute Gasteiger partial charge is 0.0544 e. The summed E-state index contributed by atoms with van der Waals surface area (Å²) in [5.41, 5.74) is 3.33. The van der Waals surface area contributed by atoms with Gasteiger partial charge < -0.3 is 10.1 Å². The third-order valence-corrected chi connectivity index (χ3v) is 4.25. The maximum absolute atomic E-state index is 8.00. The minimum absolute atomic E-state index is 0.361. The number of allylic oxidation sites excluding steroid dienone is 2. The molecule has 0 radical (unpaired) electrons. The molecule has 112 valence electrons. The van der Waals surface area contributed by atoms with E-state index >= 15 is 0 Å². The number of hydrogen-bond acceptors (Lipinski definition) is 2. The molecule has 0 saturated heterocycles. The first-order valence-electron chi connectivity index (χ1n) is 7.71. The van der Waals surface area contributed by atoms with Gasteiger partial charge in [-0.3, -0.25) is 0 Å². The Morgan fingerprint density at radius 3 is 2.11 bits per heavy atom. The van der Waals surface area contributed by atoms with Crippen LogP contribution in [-0.4, -0.2) is 18.4 Å². The van der Waals surface area contributed by atoms with E-state index < -0.39 is 0 Å². The number of ether oxygens (including phenoxy) is 1. The number of hydrogen-bond donors (Lipinski definition) is 1. The van der Waals surface area contributed by atoms with Crippen LogP contribution in [0.15, 0.2) is 11.1 Å². The third kappa shape index (κ3) is 6.38. The summed E-state index contributed by atoms with van der Waals surface area (Å²) >= 11 is 0. The van der Waals surface area contributed by atoms with Gasteiger partial charge in [0.05, 0.1) is 6.10 Å². The van der Waals surface area contributed by atoms with Gasteiger partial charge in [0.2, 0.25) is 0 Å². The lowest BCUT2D eigenvalue weighted by molar-refractivity contribution is 0.0528. The Kier molecular flexibility index (Phi) is 8.99. The molecule has 0 spiro atoms. The van der Waals surface area contributed by atoms with Gasteiger partial charge in [0.25, 0.3) is 0 Å². The van der Waals surface area contributed by atoms with Crippen molar-refractivity contribution in [3.8, 4) is 0 Å². The lowest BCUT2D eigenvalue weighted by Gasteiger charge is -2.25. The first kappa shape index (κ1) is 18.4. The fourth-order valence-corrected chi connectivity index (χ4v) is 2.35. The number of nitrogens with one attached hydrogen (secondary N) is 1. The van der Waals surface area contributed by atoms with Crippen molar-refractivity contribution in [2.75, 3.05) is 6.61 Å². The SMILES string of the molecule is CCC(C)=C(C(C)=N)C(C)C(C)CCOC(C)CC. The average Bonchev–Trinajstić information content (AvgIpc) is 2.37. The van der Waals surface area contributed by atoms with Crippen LogP contribution in [0.25, 0.3) is 0 Å². The minimum Gasteiger partial charge on any atom is -0.379 e. The lowest BCUT2D eigenvalue weighted by atomic mass is 9.82. The van der Waals surface area contributed by atoms with E-state index in [2.05, 4.69) is 41.5 Å². The second-order valence-corrected chi connectivity index (χ2v) is 5.82. The fraction of sp³-hybridized carbons (Fsp3) is 0.824. The predicted molar refractivity (Wildman–Crippen MR) is 85.0 cm³/mol. The maximum Gasteiger partial charge on any atom is 0.0544 e. The van der Waals surface area contributed by atoms with Crippen LogP contribution in [0, 0.1) is 17.2 Å². The molecule has 1 N–H and O–H groups in total. The molecule has 2 nitrogen and oxygen atoms in total. The van der Waals surface area contributed by atoms with E-state index in [1.54, 1.807) is 0 Å². The molecule has 3 atom stereocenters. The molecular formula is C17H33NO. The van der Waals surface area contributed by atoms with Gasteiger partial charge in [0.1, 0.15) is 0 Å². The molecule has 0 fully saturated rings. The summed E-state index contributed by atoms with van der Waals surface area (Å²) in [6.07, 6.45) is 3.54. The van der Waals surface area contributed by atoms with Gasteiger partial charge in [0.15, 0.2) is 0 Å². The highest BCUT2D eigenvalue weighted by Gasteiger charge is 2.20. The standard InChI is InChI=1S/C17H33NO/c1-8-12(3)17(16(7)18)15(6)13(4)10-11-19-14(5)9-2/h13-15,18H,8-11H2,1-7H3. The van der Waals surface area contributed by atoms with Crippen LogP contribution in [0.4, 0.5) is 0 Å². The van der Waals surface area contributed by atoms with Crippen molar-refractivity contribution < 1.29 is 4.74 Å². The Morgan fingerprint density at radius 1 is 1.11 bits per heavy atom. The molecule has 19 heavy (non-hydrogen) atoms. The van der Waals surface area contributed by atoms with E-state index in [-0.39, 0.29) is 0 Å². The Hall–Kier alpha value is -0.630.